The number of fused-ring (bicyclic) bond motifs is 1. The van der Waals surface area contributed by atoms with Gasteiger partial charge in [-0.2, -0.15) is 0 Å². The molecule has 2 aromatic carbocycles. The molecule has 1 unspecified atom stereocenters. The lowest BCUT2D eigenvalue weighted by Gasteiger charge is -2.30. The largest absolute Gasteiger partial charge is 0.493 e. The molecule has 0 aromatic heterocycles. The molecular formula is C28H40FN3O5. The summed E-state index contributed by atoms with van der Waals surface area (Å²) in [6.45, 7) is 10.3. The fourth-order valence-electron chi connectivity index (χ4n) is 4.75. The van der Waals surface area contributed by atoms with Crippen LogP contribution < -0.4 is 29.6 Å². The zero-order valence-electron chi connectivity index (χ0n) is 22.9. The van der Waals surface area contributed by atoms with Crippen LogP contribution in [0.15, 0.2) is 24.3 Å². The highest BCUT2D eigenvalue weighted by atomic mass is 19.1. The molecule has 0 aliphatic carbocycles. The minimum Gasteiger partial charge on any atom is -0.493 e. The van der Waals surface area contributed by atoms with Crippen molar-refractivity contribution in [3.63, 3.8) is 0 Å². The van der Waals surface area contributed by atoms with Crippen LogP contribution >= 0.6 is 0 Å². The van der Waals surface area contributed by atoms with E-state index < -0.39 is 5.82 Å². The Morgan fingerprint density at radius 3 is 2.38 bits per heavy atom. The third kappa shape index (κ3) is 6.77. The van der Waals surface area contributed by atoms with Crippen molar-refractivity contribution in [1.29, 1.82) is 0 Å². The zero-order valence-corrected chi connectivity index (χ0v) is 22.9. The molecule has 9 heteroatoms. The van der Waals surface area contributed by atoms with E-state index in [1.165, 1.54) is 14.2 Å². The number of carbonyl (C=O) groups is 1. The lowest BCUT2D eigenvalue weighted by Crippen LogP contribution is -2.39. The fourth-order valence-corrected chi connectivity index (χ4v) is 4.75. The van der Waals surface area contributed by atoms with E-state index in [0.717, 1.165) is 6.54 Å². The van der Waals surface area contributed by atoms with Crippen molar-refractivity contribution in [2.24, 2.45) is 5.92 Å². The molecule has 0 fully saturated rings. The van der Waals surface area contributed by atoms with Crippen LogP contribution in [0.25, 0.3) is 0 Å². The Morgan fingerprint density at radius 2 is 1.76 bits per heavy atom. The summed E-state index contributed by atoms with van der Waals surface area (Å²) in [5.74, 6) is 0.578. The molecule has 2 aromatic rings. The zero-order chi connectivity index (χ0) is 27.1. The Balaban J connectivity index is 1.67. The summed E-state index contributed by atoms with van der Waals surface area (Å²) in [4.78, 5) is 15.5. The number of rotatable bonds is 11. The van der Waals surface area contributed by atoms with Crippen molar-refractivity contribution in [3.05, 3.63) is 35.6 Å². The van der Waals surface area contributed by atoms with Crippen LogP contribution in [0, 0.1) is 11.7 Å². The molecule has 0 saturated carbocycles. The van der Waals surface area contributed by atoms with Crippen LogP contribution in [0.5, 0.6) is 23.0 Å². The van der Waals surface area contributed by atoms with Gasteiger partial charge in [-0.15, -0.1) is 0 Å². The standard InChI is InChI=1S/C28H40FN3O5/c1-17(2)32(18(3)4)12-13-37-24-14-20(9-11-23(24)34-5)31-28(33)19-8-10-21-22(30-16-19)15-25(35-6)27(36-7)26(21)29/h9,11,14-15,17-19,30H,8,10,12-13,16H2,1-7H3,(H,31,33). The van der Waals surface area contributed by atoms with Crippen molar-refractivity contribution < 1.29 is 28.1 Å². The van der Waals surface area contributed by atoms with E-state index in [-0.39, 0.29) is 17.6 Å². The first kappa shape index (κ1) is 28.4. The van der Waals surface area contributed by atoms with Crippen LogP contribution in [0.3, 0.4) is 0 Å². The Kier molecular flexibility index (Phi) is 9.86. The van der Waals surface area contributed by atoms with E-state index in [2.05, 4.69) is 43.2 Å². The third-order valence-electron chi connectivity index (χ3n) is 6.73. The Labute approximate surface area is 219 Å². The highest BCUT2D eigenvalue weighted by Gasteiger charge is 2.27. The van der Waals surface area contributed by atoms with Gasteiger partial charge in [-0.3, -0.25) is 9.69 Å². The molecule has 8 nitrogen and oxygen atoms in total. The van der Waals surface area contributed by atoms with Gasteiger partial charge in [-0.25, -0.2) is 4.39 Å². The van der Waals surface area contributed by atoms with Gasteiger partial charge in [0.15, 0.2) is 28.8 Å². The van der Waals surface area contributed by atoms with E-state index in [0.29, 0.717) is 72.3 Å². The number of methoxy groups -OCH3 is 3. The number of nitrogens with one attached hydrogen (secondary N) is 2. The molecule has 204 valence electrons. The van der Waals surface area contributed by atoms with Crippen molar-refractivity contribution in [3.8, 4) is 23.0 Å². The monoisotopic (exact) mass is 517 g/mol. The molecule has 0 radical (unpaired) electrons. The van der Waals surface area contributed by atoms with Gasteiger partial charge in [0, 0.05) is 54.2 Å². The van der Waals surface area contributed by atoms with Crippen molar-refractivity contribution in [2.45, 2.75) is 52.6 Å². The number of ether oxygens (including phenoxy) is 4. The van der Waals surface area contributed by atoms with Crippen molar-refractivity contribution in [1.82, 2.24) is 4.90 Å². The summed E-state index contributed by atoms with van der Waals surface area (Å²) >= 11 is 0. The van der Waals surface area contributed by atoms with Gasteiger partial charge < -0.3 is 29.6 Å². The van der Waals surface area contributed by atoms with E-state index in [1.807, 2.05) is 0 Å². The molecule has 0 saturated heterocycles. The number of halogens is 1. The summed E-state index contributed by atoms with van der Waals surface area (Å²) in [6, 6.07) is 7.87. The maximum Gasteiger partial charge on any atom is 0.229 e. The summed E-state index contributed by atoms with van der Waals surface area (Å²) in [7, 11) is 4.46. The van der Waals surface area contributed by atoms with Crippen LogP contribution in [-0.2, 0) is 11.2 Å². The normalized spacial score (nSPS) is 15.2. The van der Waals surface area contributed by atoms with Gasteiger partial charge in [0.05, 0.1) is 27.2 Å². The maximum atomic E-state index is 15.0. The second-order valence-corrected chi connectivity index (χ2v) is 9.70. The van der Waals surface area contributed by atoms with Crippen LogP contribution in [-0.4, -0.2) is 63.9 Å². The van der Waals surface area contributed by atoms with Gasteiger partial charge in [-0.05, 0) is 52.7 Å². The number of amides is 1. The number of benzene rings is 2. The van der Waals surface area contributed by atoms with E-state index in [4.69, 9.17) is 18.9 Å². The molecule has 3 rings (SSSR count). The summed E-state index contributed by atoms with van der Waals surface area (Å²) in [6.07, 6.45) is 0.879. The highest BCUT2D eigenvalue weighted by molar-refractivity contribution is 5.93. The number of anilines is 2. The average Bonchev–Trinajstić information content (AvgIpc) is 3.09. The molecular weight excluding hydrogens is 477 g/mol. The smallest absolute Gasteiger partial charge is 0.229 e. The second-order valence-electron chi connectivity index (χ2n) is 9.70. The van der Waals surface area contributed by atoms with Crippen molar-refractivity contribution >= 4 is 17.3 Å². The molecule has 1 amide bonds. The first-order valence-corrected chi connectivity index (χ1v) is 12.7. The molecule has 1 atom stereocenters. The molecule has 2 N–H and O–H groups in total. The average molecular weight is 518 g/mol. The Hall–Kier alpha value is -3.20. The molecule has 0 spiro atoms. The molecule has 1 aliphatic heterocycles. The van der Waals surface area contributed by atoms with Gasteiger partial charge in [-0.1, -0.05) is 0 Å². The predicted octanol–water partition coefficient (Wildman–Crippen LogP) is 4.96. The SMILES string of the molecule is COc1ccc(NC(=O)C2CCc3c(cc(OC)c(OC)c3F)NC2)cc1OCCN(C(C)C)C(C)C. The van der Waals surface area contributed by atoms with Gasteiger partial charge in [0.25, 0.3) is 0 Å². The molecule has 37 heavy (non-hydrogen) atoms. The summed E-state index contributed by atoms with van der Waals surface area (Å²) in [5.41, 5.74) is 1.72. The Bertz CT molecular complexity index is 1070. The lowest BCUT2D eigenvalue weighted by atomic mass is 9.99. The number of hydrogen-bond donors (Lipinski definition) is 2. The third-order valence-corrected chi connectivity index (χ3v) is 6.73. The van der Waals surface area contributed by atoms with Gasteiger partial charge in [0.2, 0.25) is 5.91 Å². The lowest BCUT2D eigenvalue weighted by molar-refractivity contribution is -0.119. The van der Waals surface area contributed by atoms with Gasteiger partial charge >= 0.3 is 0 Å². The fraction of sp³-hybridized carbons (Fsp3) is 0.536. The number of nitrogens with zero attached hydrogens (tertiary/aromatic N) is 1. The summed E-state index contributed by atoms with van der Waals surface area (Å²) in [5, 5.41) is 6.19. The quantitative estimate of drug-likeness (QED) is 0.436. The van der Waals surface area contributed by atoms with Gasteiger partial charge in [0.1, 0.15) is 6.61 Å². The minimum atomic E-state index is -0.462. The second kappa shape index (κ2) is 12.9. The number of hydrogen-bond acceptors (Lipinski definition) is 7. The molecule has 1 aliphatic rings. The van der Waals surface area contributed by atoms with Crippen LogP contribution in [0.1, 0.15) is 39.7 Å². The van der Waals surface area contributed by atoms with Crippen molar-refractivity contribution in [2.75, 3.05) is 51.7 Å². The topological polar surface area (TPSA) is 81.3 Å². The first-order valence-electron chi connectivity index (χ1n) is 12.7. The molecule has 0 bridgehead atoms. The Morgan fingerprint density at radius 1 is 1.05 bits per heavy atom. The summed E-state index contributed by atoms with van der Waals surface area (Å²) < 4.78 is 37.0. The first-order chi connectivity index (χ1) is 17.7. The van der Waals surface area contributed by atoms with Crippen LogP contribution in [0.2, 0.25) is 0 Å². The van der Waals surface area contributed by atoms with E-state index in [9.17, 15) is 4.79 Å². The number of carbonyl (C=O) groups excluding carboxylic acids is 1. The van der Waals surface area contributed by atoms with E-state index in [1.54, 1.807) is 31.4 Å². The van der Waals surface area contributed by atoms with Crippen LogP contribution in [0.4, 0.5) is 15.8 Å². The minimum absolute atomic E-state index is 0.0709. The van der Waals surface area contributed by atoms with E-state index >= 15 is 4.39 Å². The maximum absolute atomic E-state index is 15.0. The molecule has 1 heterocycles. The predicted molar refractivity (Wildman–Crippen MR) is 144 cm³/mol. The highest BCUT2D eigenvalue weighted by Crippen LogP contribution is 2.39.